The maximum Gasteiger partial charge on any atom is 0.165 e. The predicted molar refractivity (Wildman–Crippen MR) is 97.6 cm³/mol. The fourth-order valence-electron chi connectivity index (χ4n) is 3.14. The highest BCUT2D eigenvalue weighted by Crippen LogP contribution is 2.26. The summed E-state index contributed by atoms with van der Waals surface area (Å²) in [6.07, 6.45) is 1.90. The Morgan fingerprint density at radius 1 is 0.958 bits per heavy atom. The molecule has 2 aromatic heterocycles. The van der Waals surface area contributed by atoms with Crippen LogP contribution < -0.4 is 0 Å². The molecule has 0 unspecified atom stereocenters. The first-order valence-corrected chi connectivity index (χ1v) is 8.35. The quantitative estimate of drug-likeness (QED) is 0.703. The van der Waals surface area contributed by atoms with Crippen molar-refractivity contribution in [2.24, 2.45) is 0 Å². The third-order valence-corrected chi connectivity index (χ3v) is 4.20. The van der Waals surface area contributed by atoms with Crippen LogP contribution in [0.25, 0.3) is 17.1 Å². The Balaban J connectivity index is 2.16. The summed E-state index contributed by atoms with van der Waals surface area (Å²) in [5, 5.41) is 4.64. The topological polar surface area (TPSA) is 43.6 Å². The van der Waals surface area contributed by atoms with Crippen molar-refractivity contribution in [3.05, 3.63) is 58.7 Å². The van der Waals surface area contributed by atoms with Crippen LogP contribution in [0.15, 0.2) is 30.5 Å². The molecule has 4 nitrogen and oxygen atoms in total. The van der Waals surface area contributed by atoms with Crippen molar-refractivity contribution < 1.29 is 0 Å². The summed E-state index contributed by atoms with van der Waals surface area (Å²) in [6, 6.07) is 8.52. The molecule has 4 heteroatoms. The maximum absolute atomic E-state index is 4.65. The van der Waals surface area contributed by atoms with Crippen molar-refractivity contribution in [3.8, 4) is 17.1 Å². The van der Waals surface area contributed by atoms with Gasteiger partial charge in [-0.3, -0.25) is 4.98 Å². The lowest BCUT2D eigenvalue weighted by atomic mass is 10.0. The van der Waals surface area contributed by atoms with Crippen molar-refractivity contribution in [2.75, 3.05) is 0 Å². The van der Waals surface area contributed by atoms with Gasteiger partial charge in [-0.2, -0.15) is 5.10 Å². The SMILES string of the molecule is Cc1cc(C)c(-n2nc(C)nc2-c2ccc(C(C)C)nc2)c(C)c1. The smallest absolute Gasteiger partial charge is 0.165 e. The van der Waals surface area contributed by atoms with Crippen molar-refractivity contribution in [3.63, 3.8) is 0 Å². The van der Waals surface area contributed by atoms with Gasteiger partial charge in [-0.05, 0) is 56.9 Å². The zero-order chi connectivity index (χ0) is 17.4. The zero-order valence-electron chi connectivity index (χ0n) is 15.3. The van der Waals surface area contributed by atoms with Gasteiger partial charge in [0, 0.05) is 17.5 Å². The largest absolute Gasteiger partial charge is 0.260 e. The maximum atomic E-state index is 4.65. The van der Waals surface area contributed by atoms with Gasteiger partial charge in [-0.25, -0.2) is 9.67 Å². The molecule has 0 aliphatic heterocycles. The minimum absolute atomic E-state index is 0.417. The molecule has 0 spiro atoms. The number of benzene rings is 1. The van der Waals surface area contributed by atoms with Crippen LogP contribution in [0, 0.1) is 27.7 Å². The van der Waals surface area contributed by atoms with Crippen LogP contribution in [0.4, 0.5) is 0 Å². The van der Waals surface area contributed by atoms with Gasteiger partial charge in [0.2, 0.25) is 0 Å². The van der Waals surface area contributed by atoms with Gasteiger partial charge in [0.15, 0.2) is 5.82 Å². The van der Waals surface area contributed by atoms with Crippen LogP contribution in [0.3, 0.4) is 0 Å². The van der Waals surface area contributed by atoms with Crippen LogP contribution in [0.5, 0.6) is 0 Å². The standard InChI is InChI=1S/C20H24N4/c1-12(2)18-8-7-17(11-21-18)20-22-16(6)23-24(20)19-14(4)9-13(3)10-15(19)5/h7-12H,1-6H3. The molecular weight excluding hydrogens is 296 g/mol. The van der Waals surface area contributed by atoms with E-state index in [1.807, 2.05) is 17.8 Å². The van der Waals surface area contributed by atoms with E-state index in [1.165, 1.54) is 16.7 Å². The van der Waals surface area contributed by atoms with E-state index in [0.29, 0.717) is 5.92 Å². The Kier molecular flexibility index (Phi) is 4.22. The molecule has 0 N–H and O–H groups in total. The summed E-state index contributed by atoms with van der Waals surface area (Å²) in [5.41, 5.74) is 6.83. The molecular formula is C20H24N4. The van der Waals surface area contributed by atoms with Crippen LogP contribution in [0.2, 0.25) is 0 Å². The summed E-state index contributed by atoms with van der Waals surface area (Å²) in [7, 11) is 0. The lowest BCUT2D eigenvalue weighted by molar-refractivity contribution is 0.821. The molecule has 3 aromatic rings. The van der Waals surface area contributed by atoms with Gasteiger partial charge in [-0.1, -0.05) is 31.5 Å². The minimum Gasteiger partial charge on any atom is -0.260 e. The molecule has 0 atom stereocenters. The minimum atomic E-state index is 0.417. The van der Waals surface area contributed by atoms with Gasteiger partial charge < -0.3 is 0 Å². The fraction of sp³-hybridized carbons (Fsp3) is 0.350. The fourth-order valence-corrected chi connectivity index (χ4v) is 3.14. The normalized spacial score (nSPS) is 11.3. The Labute approximate surface area is 143 Å². The molecule has 2 heterocycles. The summed E-state index contributed by atoms with van der Waals surface area (Å²) < 4.78 is 1.95. The lowest BCUT2D eigenvalue weighted by Gasteiger charge is -2.13. The first kappa shape index (κ1) is 16.4. The molecule has 0 saturated heterocycles. The van der Waals surface area contributed by atoms with Crippen LogP contribution in [-0.2, 0) is 0 Å². The summed E-state index contributed by atoms with van der Waals surface area (Å²) in [4.78, 5) is 9.22. The molecule has 124 valence electrons. The van der Waals surface area contributed by atoms with Crippen molar-refractivity contribution in [2.45, 2.75) is 47.5 Å². The average Bonchev–Trinajstić information content (AvgIpc) is 2.88. The van der Waals surface area contributed by atoms with E-state index >= 15 is 0 Å². The number of rotatable bonds is 3. The Morgan fingerprint density at radius 3 is 2.17 bits per heavy atom. The molecule has 0 amide bonds. The van der Waals surface area contributed by atoms with E-state index in [2.05, 4.69) is 74.0 Å². The zero-order valence-corrected chi connectivity index (χ0v) is 15.3. The van der Waals surface area contributed by atoms with E-state index in [0.717, 1.165) is 28.6 Å². The number of aromatic nitrogens is 4. The van der Waals surface area contributed by atoms with Crippen LogP contribution >= 0.6 is 0 Å². The summed E-state index contributed by atoms with van der Waals surface area (Å²) >= 11 is 0. The first-order chi connectivity index (χ1) is 11.4. The van der Waals surface area contributed by atoms with Crippen molar-refractivity contribution in [1.82, 2.24) is 19.7 Å². The monoisotopic (exact) mass is 320 g/mol. The van der Waals surface area contributed by atoms with Crippen molar-refractivity contribution >= 4 is 0 Å². The second kappa shape index (κ2) is 6.19. The Bertz CT molecular complexity index is 850. The average molecular weight is 320 g/mol. The van der Waals surface area contributed by atoms with Gasteiger partial charge >= 0.3 is 0 Å². The van der Waals surface area contributed by atoms with E-state index in [-0.39, 0.29) is 0 Å². The number of pyridine rings is 1. The molecule has 0 fully saturated rings. The molecule has 0 aliphatic carbocycles. The van der Waals surface area contributed by atoms with Gasteiger partial charge in [0.1, 0.15) is 5.82 Å². The van der Waals surface area contributed by atoms with Gasteiger partial charge in [-0.15, -0.1) is 0 Å². The second-order valence-corrected chi connectivity index (χ2v) is 6.77. The molecule has 3 rings (SSSR count). The highest BCUT2D eigenvalue weighted by atomic mass is 15.4. The van der Waals surface area contributed by atoms with E-state index in [9.17, 15) is 0 Å². The predicted octanol–water partition coefficient (Wildman–Crippen LogP) is 4.69. The highest BCUT2D eigenvalue weighted by molar-refractivity contribution is 5.60. The second-order valence-electron chi connectivity index (χ2n) is 6.77. The van der Waals surface area contributed by atoms with Crippen LogP contribution in [0.1, 0.15) is 48.0 Å². The number of aryl methyl sites for hydroxylation is 4. The van der Waals surface area contributed by atoms with Gasteiger partial charge in [0.05, 0.1) is 5.69 Å². The first-order valence-electron chi connectivity index (χ1n) is 8.35. The molecule has 24 heavy (non-hydrogen) atoms. The van der Waals surface area contributed by atoms with Gasteiger partial charge in [0.25, 0.3) is 0 Å². The molecule has 0 saturated carbocycles. The van der Waals surface area contributed by atoms with E-state index in [4.69, 9.17) is 0 Å². The van der Waals surface area contributed by atoms with E-state index < -0.39 is 0 Å². The lowest BCUT2D eigenvalue weighted by Crippen LogP contribution is -2.05. The number of nitrogens with zero attached hydrogens (tertiary/aromatic N) is 4. The molecule has 1 aromatic carbocycles. The Morgan fingerprint density at radius 2 is 1.62 bits per heavy atom. The third-order valence-electron chi connectivity index (χ3n) is 4.20. The number of hydrogen-bond acceptors (Lipinski definition) is 3. The summed E-state index contributed by atoms with van der Waals surface area (Å²) in [5.74, 6) is 2.02. The third kappa shape index (κ3) is 2.96. The van der Waals surface area contributed by atoms with Crippen molar-refractivity contribution in [1.29, 1.82) is 0 Å². The van der Waals surface area contributed by atoms with E-state index in [1.54, 1.807) is 0 Å². The molecule has 0 radical (unpaired) electrons. The number of hydrogen-bond donors (Lipinski definition) is 0. The molecule has 0 aliphatic rings. The molecule has 0 bridgehead atoms. The Hall–Kier alpha value is -2.49. The highest BCUT2D eigenvalue weighted by Gasteiger charge is 2.16. The summed E-state index contributed by atoms with van der Waals surface area (Å²) in [6.45, 7) is 12.6. The van der Waals surface area contributed by atoms with Crippen LogP contribution in [-0.4, -0.2) is 19.7 Å².